The first-order valence-electron chi connectivity index (χ1n) is 3.82. The fourth-order valence-electron chi connectivity index (χ4n) is 0.623. The second kappa shape index (κ2) is 5.69. The maximum Gasteiger partial charge on any atom is 0.261 e. The first kappa shape index (κ1) is 13.0. The third kappa shape index (κ3) is 9.11. The molecule has 0 aliphatic heterocycles. The zero-order chi connectivity index (χ0) is 11.2. The molecule has 0 amide bonds. The summed E-state index contributed by atoms with van der Waals surface area (Å²) in [5.74, 6) is 0. The van der Waals surface area contributed by atoms with Crippen molar-refractivity contribution in [3.63, 3.8) is 0 Å². The summed E-state index contributed by atoms with van der Waals surface area (Å²) in [5, 5.41) is 8.96. The smallest absolute Gasteiger partial charge is 0.261 e. The van der Waals surface area contributed by atoms with Crippen molar-refractivity contribution in [3.05, 3.63) is 30.1 Å². The number of nitrogens with zero attached hydrogens (tertiary/aromatic N) is 1. The maximum atomic E-state index is 9.19. The standard InChI is InChI=1S/C7H9NO.CH4O3S/c1-6(9)7-4-2-3-5-8-7;1-5(2,3)4/h2-6,9H,1H3;1H3,(H,2,3,4). The lowest BCUT2D eigenvalue weighted by Crippen LogP contribution is -1.92. The highest BCUT2D eigenvalue weighted by atomic mass is 32.2. The molecular formula is C8H13NO4S. The van der Waals surface area contributed by atoms with Crippen molar-refractivity contribution in [1.82, 2.24) is 4.98 Å². The second-order valence-electron chi connectivity index (χ2n) is 2.66. The largest absolute Gasteiger partial charge is 0.387 e. The monoisotopic (exact) mass is 219 g/mol. The van der Waals surface area contributed by atoms with E-state index in [0.29, 0.717) is 6.26 Å². The highest BCUT2D eigenvalue weighted by Crippen LogP contribution is 2.05. The summed E-state index contributed by atoms with van der Waals surface area (Å²) in [4.78, 5) is 3.93. The molecule has 1 aromatic rings. The lowest BCUT2D eigenvalue weighted by molar-refractivity contribution is 0.194. The molecule has 0 fully saturated rings. The third-order valence-corrected chi connectivity index (χ3v) is 1.12. The summed E-state index contributed by atoms with van der Waals surface area (Å²) in [6.45, 7) is 1.70. The molecule has 0 saturated heterocycles. The molecule has 0 saturated carbocycles. The molecule has 6 heteroatoms. The molecule has 0 radical (unpaired) electrons. The second-order valence-corrected chi connectivity index (χ2v) is 4.13. The lowest BCUT2D eigenvalue weighted by Gasteiger charge is -1.99. The topological polar surface area (TPSA) is 87.5 Å². The number of hydrogen-bond donors (Lipinski definition) is 2. The summed E-state index contributed by atoms with van der Waals surface area (Å²) >= 11 is 0. The average Bonchev–Trinajstić information content (AvgIpc) is 2.03. The number of aromatic nitrogens is 1. The van der Waals surface area contributed by atoms with Crippen LogP contribution in [0.2, 0.25) is 0 Å². The molecule has 0 aliphatic carbocycles. The normalized spacial score (nSPS) is 12.6. The van der Waals surface area contributed by atoms with Crippen LogP contribution >= 0.6 is 0 Å². The lowest BCUT2D eigenvalue weighted by atomic mass is 10.2. The predicted molar refractivity (Wildman–Crippen MR) is 52.3 cm³/mol. The summed E-state index contributed by atoms with van der Waals surface area (Å²) in [5.41, 5.74) is 0.720. The van der Waals surface area contributed by atoms with E-state index in [0.717, 1.165) is 5.69 Å². The van der Waals surface area contributed by atoms with Gasteiger partial charge in [0, 0.05) is 6.20 Å². The minimum Gasteiger partial charge on any atom is -0.387 e. The number of aliphatic hydroxyl groups is 1. The van der Waals surface area contributed by atoms with Crippen LogP contribution in [-0.2, 0) is 10.1 Å². The van der Waals surface area contributed by atoms with Crippen LogP contribution in [0, 0.1) is 0 Å². The summed E-state index contributed by atoms with van der Waals surface area (Å²) in [7, 11) is -3.67. The Bertz CT molecular complexity index is 339. The van der Waals surface area contributed by atoms with Crippen molar-refractivity contribution in [2.45, 2.75) is 13.0 Å². The predicted octanol–water partition coefficient (Wildman–Crippen LogP) is 0.639. The van der Waals surface area contributed by atoms with Gasteiger partial charge in [-0.25, -0.2) is 0 Å². The van der Waals surface area contributed by atoms with Crippen LogP contribution in [0.3, 0.4) is 0 Å². The molecule has 1 heterocycles. The Balaban J connectivity index is 0.000000292. The molecule has 0 aromatic carbocycles. The van der Waals surface area contributed by atoms with Gasteiger partial charge in [-0.3, -0.25) is 9.54 Å². The van der Waals surface area contributed by atoms with E-state index in [2.05, 4.69) is 4.98 Å². The van der Waals surface area contributed by atoms with Gasteiger partial charge in [-0.05, 0) is 19.1 Å². The summed E-state index contributed by atoms with van der Waals surface area (Å²) < 4.78 is 25.9. The van der Waals surface area contributed by atoms with Crippen molar-refractivity contribution in [3.8, 4) is 0 Å². The van der Waals surface area contributed by atoms with Crippen LogP contribution in [-0.4, -0.2) is 29.3 Å². The van der Waals surface area contributed by atoms with Gasteiger partial charge < -0.3 is 5.11 Å². The van der Waals surface area contributed by atoms with Crippen LogP contribution < -0.4 is 0 Å². The van der Waals surface area contributed by atoms with E-state index in [1.54, 1.807) is 19.2 Å². The minimum atomic E-state index is -3.67. The molecular weight excluding hydrogens is 206 g/mol. The van der Waals surface area contributed by atoms with Crippen molar-refractivity contribution >= 4 is 10.1 Å². The van der Waals surface area contributed by atoms with Gasteiger partial charge in [0.15, 0.2) is 0 Å². The number of aliphatic hydroxyl groups excluding tert-OH is 1. The van der Waals surface area contributed by atoms with E-state index in [1.807, 2.05) is 12.1 Å². The van der Waals surface area contributed by atoms with Gasteiger partial charge in [-0.1, -0.05) is 6.07 Å². The SMILES string of the molecule is CC(O)c1ccccn1.CS(=O)(=O)O. The Morgan fingerprint density at radius 2 is 1.93 bits per heavy atom. The van der Waals surface area contributed by atoms with Crippen LogP contribution in [0.1, 0.15) is 18.7 Å². The van der Waals surface area contributed by atoms with E-state index in [-0.39, 0.29) is 0 Å². The zero-order valence-corrected chi connectivity index (χ0v) is 8.77. The molecule has 2 N–H and O–H groups in total. The van der Waals surface area contributed by atoms with Gasteiger partial charge in [0.05, 0.1) is 18.1 Å². The summed E-state index contributed by atoms with van der Waals surface area (Å²) in [6.07, 6.45) is 1.93. The molecule has 14 heavy (non-hydrogen) atoms. The summed E-state index contributed by atoms with van der Waals surface area (Å²) in [6, 6.07) is 5.48. The Morgan fingerprint density at radius 1 is 1.43 bits per heavy atom. The number of hydrogen-bond acceptors (Lipinski definition) is 4. The molecule has 1 rings (SSSR count). The average molecular weight is 219 g/mol. The number of rotatable bonds is 1. The van der Waals surface area contributed by atoms with Crippen LogP contribution in [0.25, 0.3) is 0 Å². The number of pyridine rings is 1. The fraction of sp³-hybridized carbons (Fsp3) is 0.375. The van der Waals surface area contributed by atoms with Crippen molar-refractivity contribution in [1.29, 1.82) is 0 Å². The van der Waals surface area contributed by atoms with Crippen molar-refractivity contribution in [2.24, 2.45) is 0 Å². The molecule has 80 valence electrons. The fourth-order valence-corrected chi connectivity index (χ4v) is 0.623. The van der Waals surface area contributed by atoms with E-state index < -0.39 is 16.2 Å². The molecule has 0 spiro atoms. The third-order valence-electron chi connectivity index (χ3n) is 1.12. The highest BCUT2D eigenvalue weighted by molar-refractivity contribution is 7.85. The van der Waals surface area contributed by atoms with E-state index >= 15 is 0 Å². The van der Waals surface area contributed by atoms with Gasteiger partial charge in [0.25, 0.3) is 10.1 Å². The van der Waals surface area contributed by atoms with Gasteiger partial charge in [-0.15, -0.1) is 0 Å². The minimum absolute atomic E-state index is 0.453. The van der Waals surface area contributed by atoms with Gasteiger partial charge in [0.1, 0.15) is 0 Å². The molecule has 0 aliphatic rings. The quantitative estimate of drug-likeness (QED) is 0.677. The molecule has 1 unspecified atom stereocenters. The first-order valence-corrected chi connectivity index (χ1v) is 5.67. The zero-order valence-electron chi connectivity index (χ0n) is 7.95. The maximum absolute atomic E-state index is 9.19. The van der Waals surface area contributed by atoms with Gasteiger partial charge >= 0.3 is 0 Å². The van der Waals surface area contributed by atoms with Crippen LogP contribution in [0.4, 0.5) is 0 Å². The van der Waals surface area contributed by atoms with Crippen LogP contribution in [0.5, 0.6) is 0 Å². The molecule has 1 aromatic heterocycles. The first-order chi connectivity index (χ1) is 6.30. The van der Waals surface area contributed by atoms with E-state index in [9.17, 15) is 8.42 Å². The Labute approximate surface area is 83.2 Å². The van der Waals surface area contributed by atoms with Crippen molar-refractivity contribution < 1.29 is 18.1 Å². The molecule has 1 atom stereocenters. The Morgan fingerprint density at radius 3 is 2.14 bits per heavy atom. The van der Waals surface area contributed by atoms with Gasteiger partial charge in [-0.2, -0.15) is 8.42 Å². The Hall–Kier alpha value is -0.980. The molecule has 5 nitrogen and oxygen atoms in total. The highest BCUT2D eigenvalue weighted by Gasteiger charge is 1.97. The van der Waals surface area contributed by atoms with Crippen LogP contribution in [0.15, 0.2) is 24.4 Å². The molecule has 0 bridgehead atoms. The van der Waals surface area contributed by atoms with E-state index in [4.69, 9.17) is 9.66 Å². The van der Waals surface area contributed by atoms with Gasteiger partial charge in [0.2, 0.25) is 0 Å². The van der Waals surface area contributed by atoms with Crippen molar-refractivity contribution in [2.75, 3.05) is 6.26 Å². The van der Waals surface area contributed by atoms with E-state index in [1.165, 1.54) is 0 Å². The Kier molecular flexibility index (Phi) is 5.29.